The highest BCUT2D eigenvalue weighted by Gasteiger charge is 2.24. The fourth-order valence-corrected chi connectivity index (χ4v) is 3.18. The summed E-state index contributed by atoms with van der Waals surface area (Å²) in [5.74, 6) is 0.425. The minimum Gasteiger partial charge on any atom is -0.459 e. The van der Waals surface area contributed by atoms with Gasteiger partial charge in [-0.15, -0.1) is 0 Å². The quantitative estimate of drug-likeness (QED) is 0.670. The molecule has 0 saturated heterocycles. The number of esters is 1. The number of rotatable bonds is 3. The van der Waals surface area contributed by atoms with Crippen LogP contribution in [0.15, 0.2) is 22.7 Å². The lowest BCUT2D eigenvalue weighted by Crippen LogP contribution is -2.25. The molecule has 1 fully saturated rings. The first-order valence-corrected chi connectivity index (χ1v) is 7.65. The van der Waals surface area contributed by atoms with Crippen molar-refractivity contribution in [3.63, 3.8) is 0 Å². The van der Waals surface area contributed by atoms with Crippen molar-refractivity contribution in [2.45, 2.75) is 45.1 Å². The second kappa shape index (κ2) is 6.42. The van der Waals surface area contributed by atoms with E-state index in [2.05, 4.69) is 22.9 Å². The van der Waals surface area contributed by atoms with Gasteiger partial charge in [-0.05, 0) is 43.4 Å². The molecule has 2 N–H and O–H groups in total. The number of hydrogen-bond donors (Lipinski definition) is 1. The van der Waals surface area contributed by atoms with Crippen molar-refractivity contribution in [1.82, 2.24) is 0 Å². The van der Waals surface area contributed by atoms with Crippen LogP contribution in [-0.4, -0.2) is 12.1 Å². The molecule has 0 heterocycles. The van der Waals surface area contributed by atoms with Crippen molar-refractivity contribution >= 4 is 27.6 Å². The molecule has 0 spiro atoms. The molecule has 1 aliphatic carbocycles. The minimum atomic E-state index is -0.269. The van der Waals surface area contributed by atoms with Crippen LogP contribution in [0.5, 0.6) is 0 Å². The Morgan fingerprint density at radius 3 is 2.89 bits per heavy atom. The highest BCUT2D eigenvalue weighted by atomic mass is 79.9. The van der Waals surface area contributed by atoms with Crippen LogP contribution in [0.1, 0.15) is 49.4 Å². The third kappa shape index (κ3) is 3.96. The van der Waals surface area contributed by atoms with Gasteiger partial charge in [0, 0.05) is 10.2 Å². The van der Waals surface area contributed by atoms with Gasteiger partial charge < -0.3 is 10.5 Å². The highest BCUT2D eigenvalue weighted by molar-refractivity contribution is 9.10. The van der Waals surface area contributed by atoms with Crippen molar-refractivity contribution in [2.75, 3.05) is 5.73 Å². The zero-order chi connectivity index (χ0) is 13.8. The summed E-state index contributed by atoms with van der Waals surface area (Å²) in [4.78, 5) is 12.1. The maximum atomic E-state index is 12.1. The fraction of sp³-hybridized carbons (Fsp3) is 0.533. The van der Waals surface area contributed by atoms with E-state index >= 15 is 0 Å². The second-order valence-electron chi connectivity index (χ2n) is 5.24. The smallest absolute Gasteiger partial charge is 0.338 e. The van der Waals surface area contributed by atoms with E-state index in [0.29, 0.717) is 17.2 Å². The van der Waals surface area contributed by atoms with Crippen LogP contribution in [0, 0.1) is 5.92 Å². The van der Waals surface area contributed by atoms with E-state index < -0.39 is 0 Å². The van der Waals surface area contributed by atoms with Crippen molar-refractivity contribution < 1.29 is 9.53 Å². The van der Waals surface area contributed by atoms with Gasteiger partial charge in [0.15, 0.2) is 0 Å². The molecule has 104 valence electrons. The van der Waals surface area contributed by atoms with Crippen LogP contribution < -0.4 is 5.73 Å². The molecule has 0 aliphatic heterocycles. The zero-order valence-electron chi connectivity index (χ0n) is 11.2. The molecule has 0 aromatic heterocycles. The van der Waals surface area contributed by atoms with E-state index in [4.69, 9.17) is 10.5 Å². The minimum absolute atomic E-state index is 0.0615. The van der Waals surface area contributed by atoms with Gasteiger partial charge in [-0.25, -0.2) is 4.79 Å². The number of hydrogen-bond acceptors (Lipinski definition) is 3. The summed E-state index contributed by atoms with van der Waals surface area (Å²) in [7, 11) is 0. The van der Waals surface area contributed by atoms with Crippen LogP contribution in [0.2, 0.25) is 0 Å². The number of benzene rings is 1. The van der Waals surface area contributed by atoms with Crippen molar-refractivity contribution in [3.05, 3.63) is 28.2 Å². The van der Waals surface area contributed by atoms with Gasteiger partial charge in [-0.1, -0.05) is 35.7 Å². The maximum absolute atomic E-state index is 12.1. The number of anilines is 1. The maximum Gasteiger partial charge on any atom is 0.338 e. The van der Waals surface area contributed by atoms with Gasteiger partial charge in [-0.3, -0.25) is 0 Å². The molecular weight excluding hydrogens is 306 g/mol. The standard InChI is InChI=1S/C15H20BrNO2/c1-2-10-4-3-5-14(6-10)19-15(18)11-7-12(16)9-13(17)8-11/h7-10,14H,2-6,17H2,1H3. The fourth-order valence-electron chi connectivity index (χ4n) is 2.67. The summed E-state index contributed by atoms with van der Waals surface area (Å²) in [5, 5.41) is 0. The Morgan fingerprint density at radius 1 is 1.42 bits per heavy atom. The Balaban J connectivity index is 2.00. The Bertz CT molecular complexity index is 441. The molecule has 2 unspecified atom stereocenters. The number of halogens is 1. The lowest BCUT2D eigenvalue weighted by atomic mass is 9.85. The van der Waals surface area contributed by atoms with E-state index in [1.54, 1.807) is 18.2 Å². The Kier molecular flexibility index (Phi) is 4.86. The van der Waals surface area contributed by atoms with Gasteiger partial charge >= 0.3 is 5.97 Å². The Labute approximate surface area is 122 Å². The monoisotopic (exact) mass is 325 g/mol. The normalized spacial score (nSPS) is 23.1. The van der Waals surface area contributed by atoms with E-state index in [1.807, 2.05) is 0 Å². The molecule has 2 atom stereocenters. The SMILES string of the molecule is CCC1CCCC(OC(=O)c2cc(N)cc(Br)c2)C1. The third-order valence-corrected chi connectivity index (χ3v) is 4.20. The summed E-state index contributed by atoms with van der Waals surface area (Å²) in [6, 6.07) is 5.18. The number of ether oxygens (including phenoxy) is 1. The van der Waals surface area contributed by atoms with Gasteiger partial charge in [-0.2, -0.15) is 0 Å². The zero-order valence-corrected chi connectivity index (χ0v) is 12.8. The predicted octanol–water partition coefficient (Wildman–Crippen LogP) is 4.16. The Hall–Kier alpha value is -1.03. The van der Waals surface area contributed by atoms with Crippen LogP contribution >= 0.6 is 15.9 Å². The van der Waals surface area contributed by atoms with Gasteiger partial charge in [0.1, 0.15) is 6.10 Å². The van der Waals surface area contributed by atoms with E-state index in [0.717, 1.165) is 30.2 Å². The van der Waals surface area contributed by atoms with E-state index in [1.165, 1.54) is 6.42 Å². The number of carbonyl (C=O) groups is 1. The first-order chi connectivity index (χ1) is 9.08. The summed E-state index contributed by atoms with van der Waals surface area (Å²) in [6.07, 6.45) is 5.60. The van der Waals surface area contributed by atoms with Gasteiger partial charge in [0.05, 0.1) is 5.56 Å². The lowest BCUT2D eigenvalue weighted by Gasteiger charge is -2.28. The molecule has 1 aliphatic rings. The summed E-state index contributed by atoms with van der Waals surface area (Å²) >= 11 is 3.34. The van der Waals surface area contributed by atoms with Crippen LogP contribution in [0.3, 0.4) is 0 Å². The van der Waals surface area contributed by atoms with Crippen LogP contribution in [-0.2, 0) is 4.74 Å². The predicted molar refractivity (Wildman–Crippen MR) is 80.0 cm³/mol. The summed E-state index contributed by atoms with van der Waals surface area (Å²) in [6.45, 7) is 2.20. The van der Waals surface area contributed by atoms with Crippen molar-refractivity contribution in [3.8, 4) is 0 Å². The largest absolute Gasteiger partial charge is 0.459 e. The molecule has 2 rings (SSSR count). The molecule has 1 saturated carbocycles. The van der Waals surface area contributed by atoms with Gasteiger partial charge in [0.25, 0.3) is 0 Å². The van der Waals surface area contributed by atoms with E-state index in [9.17, 15) is 4.79 Å². The number of carbonyl (C=O) groups excluding carboxylic acids is 1. The average Bonchev–Trinajstić information content (AvgIpc) is 2.37. The van der Waals surface area contributed by atoms with Gasteiger partial charge in [0.2, 0.25) is 0 Å². The third-order valence-electron chi connectivity index (χ3n) is 3.74. The molecule has 0 bridgehead atoms. The molecule has 19 heavy (non-hydrogen) atoms. The number of nitrogen functional groups attached to an aromatic ring is 1. The second-order valence-corrected chi connectivity index (χ2v) is 6.16. The molecular formula is C15H20BrNO2. The molecule has 4 heteroatoms. The first-order valence-electron chi connectivity index (χ1n) is 6.85. The van der Waals surface area contributed by atoms with Crippen LogP contribution in [0.4, 0.5) is 5.69 Å². The summed E-state index contributed by atoms with van der Waals surface area (Å²) < 4.78 is 6.40. The van der Waals surface area contributed by atoms with E-state index in [-0.39, 0.29) is 12.1 Å². The summed E-state index contributed by atoms with van der Waals surface area (Å²) in [5.41, 5.74) is 6.82. The molecule has 1 aromatic carbocycles. The average molecular weight is 326 g/mol. The Morgan fingerprint density at radius 2 is 2.21 bits per heavy atom. The molecule has 3 nitrogen and oxygen atoms in total. The van der Waals surface area contributed by atoms with Crippen molar-refractivity contribution in [2.24, 2.45) is 5.92 Å². The molecule has 0 radical (unpaired) electrons. The lowest BCUT2D eigenvalue weighted by molar-refractivity contribution is 0.0140. The first kappa shape index (κ1) is 14.4. The molecule has 0 amide bonds. The van der Waals surface area contributed by atoms with Crippen LogP contribution in [0.25, 0.3) is 0 Å². The highest BCUT2D eigenvalue weighted by Crippen LogP contribution is 2.29. The number of nitrogens with two attached hydrogens (primary N) is 1. The topological polar surface area (TPSA) is 52.3 Å². The molecule has 1 aromatic rings. The van der Waals surface area contributed by atoms with Crippen molar-refractivity contribution in [1.29, 1.82) is 0 Å².